The lowest BCUT2D eigenvalue weighted by molar-refractivity contribution is 0.114. The van der Waals surface area contributed by atoms with Crippen molar-refractivity contribution >= 4 is 0 Å². The van der Waals surface area contributed by atoms with Crippen LogP contribution in [0.5, 0.6) is 0 Å². The summed E-state index contributed by atoms with van der Waals surface area (Å²) >= 11 is 0. The number of rotatable bonds is 4. The van der Waals surface area contributed by atoms with Gasteiger partial charge in [0.25, 0.3) is 0 Å². The Morgan fingerprint density at radius 2 is 1.74 bits per heavy atom. The van der Waals surface area contributed by atoms with E-state index >= 15 is 0 Å². The second-order valence-electron chi connectivity index (χ2n) is 8.06. The van der Waals surface area contributed by atoms with E-state index in [0.29, 0.717) is 17.4 Å². The Balaban J connectivity index is 1.78. The van der Waals surface area contributed by atoms with Crippen molar-refractivity contribution in [1.82, 2.24) is 4.90 Å². The summed E-state index contributed by atoms with van der Waals surface area (Å²) in [5.74, 6) is 1.66. The molecular weight excluding hydrogens is 232 g/mol. The third-order valence-electron chi connectivity index (χ3n) is 5.42. The van der Waals surface area contributed by atoms with Crippen LogP contribution in [0, 0.1) is 17.3 Å². The van der Waals surface area contributed by atoms with Gasteiger partial charge in [0, 0.05) is 19.1 Å². The van der Waals surface area contributed by atoms with E-state index in [-0.39, 0.29) is 0 Å². The molecule has 0 aromatic carbocycles. The molecule has 0 aliphatic heterocycles. The molecule has 2 N–H and O–H groups in total. The minimum absolute atomic E-state index is 0.432. The first-order valence-electron chi connectivity index (χ1n) is 8.40. The highest BCUT2D eigenvalue weighted by atomic mass is 15.1. The molecule has 0 aromatic heterocycles. The van der Waals surface area contributed by atoms with Crippen molar-refractivity contribution in [2.24, 2.45) is 23.0 Å². The number of nitrogens with zero attached hydrogens (tertiary/aromatic N) is 1. The molecule has 2 aliphatic rings. The number of nitrogens with two attached hydrogens (primary N) is 1. The summed E-state index contributed by atoms with van der Waals surface area (Å²) in [5.41, 5.74) is 6.86. The Bertz CT molecular complexity index is 268. The number of hydrogen-bond acceptors (Lipinski definition) is 2. The molecule has 0 amide bonds. The Morgan fingerprint density at radius 1 is 1.05 bits per heavy atom. The van der Waals surface area contributed by atoms with Crippen LogP contribution in [0.15, 0.2) is 0 Å². The summed E-state index contributed by atoms with van der Waals surface area (Å²) in [7, 11) is 2.31. The first kappa shape index (κ1) is 15.3. The molecule has 2 rings (SSSR count). The van der Waals surface area contributed by atoms with E-state index in [9.17, 15) is 0 Å². The smallest absolute Gasteiger partial charge is 0.00797 e. The van der Waals surface area contributed by atoms with Crippen LogP contribution in [0.1, 0.15) is 65.2 Å². The Kier molecular flexibility index (Phi) is 5.30. The molecule has 0 bridgehead atoms. The zero-order valence-corrected chi connectivity index (χ0v) is 13.3. The van der Waals surface area contributed by atoms with Crippen LogP contribution in [0.3, 0.4) is 0 Å². The maximum absolute atomic E-state index is 6.35. The van der Waals surface area contributed by atoms with Crippen LogP contribution in [0.2, 0.25) is 0 Å². The molecule has 2 aliphatic carbocycles. The Labute approximate surface area is 120 Å². The average Bonchev–Trinajstić information content (AvgIpc) is 2.35. The quantitative estimate of drug-likeness (QED) is 0.841. The third-order valence-corrected chi connectivity index (χ3v) is 5.42. The lowest BCUT2D eigenvalue weighted by Gasteiger charge is -2.41. The molecule has 0 aromatic rings. The standard InChI is InChI=1S/C17H34N2/c1-17(2)10-9-16(18)15(11-17)13-19(3)12-14-7-5-4-6-8-14/h14-16H,4-13,18H2,1-3H3. The van der Waals surface area contributed by atoms with Gasteiger partial charge in [0.2, 0.25) is 0 Å². The highest BCUT2D eigenvalue weighted by molar-refractivity contribution is 4.88. The summed E-state index contributed by atoms with van der Waals surface area (Å²) in [6.07, 6.45) is 11.1. The predicted octanol–water partition coefficient (Wildman–Crippen LogP) is 3.65. The van der Waals surface area contributed by atoms with Crippen molar-refractivity contribution < 1.29 is 0 Å². The topological polar surface area (TPSA) is 29.3 Å². The SMILES string of the molecule is CN(CC1CCCCC1)CC1CC(C)(C)CCC1N. The molecule has 0 saturated heterocycles. The van der Waals surface area contributed by atoms with Gasteiger partial charge < -0.3 is 10.6 Å². The number of hydrogen-bond donors (Lipinski definition) is 1. The van der Waals surface area contributed by atoms with Crippen LogP contribution in [-0.4, -0.2) is 31.1 Å². The molecule has 2 heteroatoms. The molecule has 0 heterocycles. The van der Waals surface area contributed by atoms with Crippen molar-refractivity contribution in [3.05, 3.63) is 0 Å². The summed E-state index contributed by atoms with van der Waals surface area (Å²) in [6.45, 7) is 7.32. The molecule has 2 saturated carbocycles. The molecule has 19 heavy (non-hydrogen) atoms. The molecule has 2 atom stereocenters. The van der Waals surface area contributed by atoms with Crippen molar-refractivity contribution in [3.8, 4) is 0 Å². The van der Waals surface area contributed by atoms with Crippen molar-refractivity contribution in [2.75, 3.05) is 20.1 Å². The van der Waals surface area contributed by atoms with E-state index in [2.05, 4.69) is 25.8 Å². The first-order valence-corrected chi connectivity index (χ1v) is 8.40. The van der Waals surface area contributed by atoms with Gasteiger partial charge in [-0.2, -0.15) is 0 Å². The lowest BCUT2D eigenvalue weighted by atomic mass is 9.70. The fourth-order valence-electron chi connectivity index (χ4n) is 4.24. The van der Waals surface area contributed by atoms with Gasteiger partial charge in [-0.25, -0.2) is 0 Å². The molecule has 0 spiro atoms. The zero-order chi connectivity index (χ0) is 13.9. The second-order valence-corrected chi connectivity index (χ2v) is 8.06. The zero-order valence-electron chi connectivity index (χ0n) is 13.3. The minimum Gasteiger partial charge on any atom is -0.327 e. The maximum atomic E-state index is 6.35. The fourth-order valence-corrected chi connectivity index (χ4v) is 4.24. The molecular formula is C17H34N2. The lowest BCUT2D eigenvalue weighted by Crippen LogP contribution is -2.45. The van der Waals surface area contributed by atoms with Gasteiger partial charge in [-0.05, 0) is 56.4 Å². The molecule has 2 unspecified atom stereocenters. The van der Waals surface area contributed by atoms with E-state index in [1.54, 1.807) is 0 Å². The summed E-state index contributed by atoms with van der Waals surface area (Å²) < 4.78 is 0. The maximum Gasteiger partial charge on any atom is 0.00797 e. The van der Waals surface area contributed by atoms with Gasteiger partial charge in [0.15, 0.2) is 0 Å². The largest absolute Gasteiger partial charge is 0.327 e. The van der Waals surface area contributed by atoms with E-state index in [1.165, 1.54) is 64.5 Å². The van der Waals surface area contributed by atoms with Crippen molar-refractivity contribution in [2.45, 2.75) is 71.3 Å². The summed E-state index contributed by atoms with van der Waals surface area (Å²) in [6, 6.07) is 0.432. The van der Waals surface area contributed by atoms with E-state index in [4.69, 9.17) is 5.73 Å². The van der Waals surface area contributed by atoms with Gasteiger partial charge in [-0.3, -0.25) is 0 Å². The van der Waals surface area contributed by atoms with Gasteiger partial charge in [-0.1, -0.05) is 33.1 Å². The van der Waals surface area contributed by atoms with Crippen LogP contribution in [-0.2, 0) is 0 Å². The van der Waals surface area contributed by atoms with Gasteiger partial charge >= 0.3 is 0 Å². The Morgan fingerprint density at radius 3 is 2.42 bits per heavy atom. The summed E-state index contributed by atoms with van der Waals surface area (Å²) in [5, 5.41) is 0. The summed E-state index contributed by atoms with van der Waals surface area (Å²) in [4.78, 5) is 2.57. The van der Waals surface area contributed by atoms with Crippen LogP contribution in [0.4, 0.5) is 0 Å². The minimum atomic E-state index is 0.432. The van der Waals surface area contributed by atoms with Crippen molar-refractivity contribution in [1.29, 1.82) is 0 Å². The molecule has 2 nitrogen and oxygen atoms in total. The first-order chi connectivity index (χ1) is 8.96. The predicted molar refractivity (Wildman–Crippen MR) is 83.2 cm³/mol. The molecule has 2 fully saturated rings. The van der Waals surface area contributed by atoms with E-state index in [0.717, 1.165) is 5.92 Å². The highest BCUT2D eigenvalue weighted by Crippen LogP contribution is 2.38. The van der Waals surface area contributed by atoms with Crippen LogP contribution in [0.25, 0.3) is 0 Å². The fraction of sp³-hybridized carbons (Fsp3) is 1.00. The van der Waals surface area contributed by atoms with Gasteiger partial charge in [0.1, 0.15) is 0 Å². The second kappa shape index (κ2) is 6.58. The van der Waals surface area contributed by atoms with Gasteiger partial charge in [-0.15, -0.1) is 0 Å². The van der Waals surface area contributed by atoms with Gasteiger partial charge in [0.05, 0.1) is 0 Å². The van der Waals surface area contributed by atoms with Crippen LogP contribution >= 0.6 is 0 Å². The van der Waals surface area contributed by atoms with E-state index < -0.39 is 0 Å². The van der Waals surface area contributed by atoms with E-state index in [1.807, 2.05) is 0 Å². The van der Waals surface area contributed by atoms with Crippen LogP contribution < -0.4 is 5.73 Å². The van der Waals surface area contributed by atoms with Crippen molar-refractivity contribution in [3.63, 3.8) is 0 Å². The normalized spacial score (nSPS) is 32.7. The highest BCUT2D eigenvalue weighted by Gasteiger charge is 2.33. The third kappa shape index (κ3) is 4.75. The Hall–Kier alpha value is -0.0800. The average molecular weight is 266 g/mol. The monoisotopic (exact) mass is 266 g/mol. The molecule has 0 radical (unpaired) electrons. The molecule has 112 valence electrons.